The third-order valence-electron chi connectivity index (χ3n) is 4.95. The predicted octanol–water partition coefficient (Wildman–Crippen LogP) is 3.47. The van der Waals surface area contributed by atoms with E-state index < -0.39 is 0 Å². The minimum Gasteiger partial charge on any atom is -0.340 e. The monoisotopic (exact) mass is 333 g/mol. The number of aromatic nitrogens is 3. The van der Waals surface area contributed by atoms with E-state index in [4.69, 9.17) is 5.26 Å². The molecule has 6 heteroatoms. The molecule has 0 amide bonds. The van der Waals surface area contributed by atoms with Crippen LogP contribution in [0.1, 0.15) is 37.3 Å². The fourth-order valence-electron chi connectivity index (χ4n) is 3.62. The number of imidazole rings is 1. The first-order valence-electron chi connectivity index (χ1n) is 8.51. The maximum Gasteiger partial charge on any atom is 0.329 e. The molecule has 1 N–H and O–H groups in total. The third-order valence-corrected chi connectivity index (χ3v) is 4.95. The van der Waals surface area contributed by atoms with Crippen molar-refractivity contribution in [3.63, 3.8) is 0 Å². The summed E-state index contributed by atoms with van der Waals surface area (Å²) in [4.78, 5) is 17.1. The minimum absolute atomic E-state index is 0.0271. The van der Waals surface area contributed by atoms with Crippen molar-refractivity contribution in [2.24, 2.45) is 7.05 Å². The van der Waals surface area contributed by atoms with Gasteiger partial charge in [0.1, 0.15) is 5.82 Å². The number of hydrogen-bond acceptors (Lipinski definition) is 4. The van der Waals surface area contributed by atoms with Gasteiger partial charge in [0.05, 0.1) is 28.9 Å². The molecule has 2 heterocycles. The first-order chi connectivity index (χ1) is 12.2. The van der Waals surface area contributed by atoms with Crippen LogP contribution < -0.4 is 11.0 Å². The molecule has 0 bridgehead atoms. The maximum absolute atomic E-state index is 12.7. The molecule has 0 aliphatic heterocycles. The summed E-state index contributed by atoms with van der Waals surface area (Å²) < 4.78 is 3.60. The van der Waals surface area contributed by atoms with Crippen molar-refractivity contribution in [1.29, 1.82) is 5.26 Å². The Labute approximate surface area is 145 Å². The van der Waals surface area contributed by atoms with Crippen LogP contribution in [-0.2, 0) is 7.05 Å². The van der Waals surface area contributed by atoms with Crippen molar-refractivity contribution in [1.82, 2.24) is 14.1 Å². The van der Waals surface area contributed by atoms with Gasteiger partial charge in [0.25, 0.3) is 0 Å². The Hall–Kier alpha value is -3.07. The van der Waals surface area contributed by atoms with E-state index in [0.29, 0.717) is 11.4 Å². The van der Waals surface area contributed by atoms with Gasteiger partial charge in [-0.1, -0.05) is 12.8 Å². The number of nitrogens with one attached hydrogen (secondary N) is 1. The SMILES string of the molecule is Cn1c(=O)n(C2CCCC2)c2cc(Nc3ccc(C#N)cc3)ncc21. The van der Waals surface area contributed by atoms with Crippen LogP contribution in [0, 0.1) is 11.3 Å². The van der Waals surface area contributed by atoms with Gasteiger partial charge in [-0.25, -0.2) is 9.78 Å². The van der Waals surface area contributed by atoms with Gasteiger partial charge < -0.3 is 5.32 Å². The zero-order chi connectivity index (χ0) is 17.4. The number of benzene rings is 1. The van der Waals surface area contributed by atoms with Gasteiger partial charge in [-0.05, 0) is 37.1 Å². The zero-order valence-electron chi connectivity index (χ0n) is 14.1. The average Bonchev–Trinajstić information content (AvgIpc) is 3.23. The topological polar surface area (TPSA) is 75.6 Å². The van der Waals surface area contributed by atoms with Crippen molar-refractivity contribution < 1.29 is 0 Å². The fraction of sp³-hybridized carbons (Fsp3) is 0.316. The highest BCUT2D eigenvalue weighted by atomic mass is 16.1. The highest BCUT2D eigenvalue weighted by molar-refractivity contribution is 5.79. The molecule has 4 rings (SSSR count). The summed E-state index contributed by atoms with van der Waals surface area (Å²) in [6, 6.07) is 11.5. The van der Waals surface area contributed by atoms with Gasteiger partial charge in [0.15, 0.2) is 0 Å². The molecule has 0 atom stereocenters. The third kappa shape index (κ3) is 2.68. The lowest BCUT2D eigenvalue weighted by Gasteiger charge is -2.12. The van der Waals surface area contributed by atoms with Crippen LogP contribution in [0.4, 0.5) is 11.5 Å². The summed E-state index contributed by atoms with van der Waals surface area (Å²) in [7, 11) is 1.80. The van der Waals surface area contributed by atoms with Gasteiger partial charge >= 0.3 is 5.69 Å². The Morgan fingerprint density at radius 3 is 2.60 bits per heavy atom. The Balaban J connectivity index is 1.74. The first-order valence-corrected chi connectivity index (χ1v) is 8.51. The summed E-state index contributed by atoms with van der Waals surface area (Å²) in [6.07, 6.45) is 6.21. The van der Waals surface area contributed by atoms with E-state index in [2.05, 4.69) is 16.4 Å². The molecule has 0 spiro atoms. The lowest BCUT2D eigenvalue weighted by molar-refractivity contribution is 0.509. The van der Waals surface area contributed by atoms with Crippen LogP contribution in [0.25, 0.3) is 11.0 Å². The molecule has 25 heavy (non-hydrogen) atoms. The van der Waals surface area contributed by atoms with Gasteiger partial charge in [-0.15, -0.1) is 0 Å². The van der Waals surface area contributed by atoms with E-state index >= 15 is 0 Å². The highest BCUT2D eigenvalue weighted by Gasteiger charge is 2.23. The Bertz CT molecular complexity index is 1020. The number of aryl methyl sites for hydroxylation is 1. The minimum atomic E-state index is 0.0271. The smallest absolute Gasteiger partial charge is 0.329 e. The number of nitrogens with zero attached hydrogens (tertiary/aromatic N) is 4. The van der Waals surface area contributed by atoms with E-state index in [0.717, 1.165) is 29.6 Å². The molecular weight excluding hydrogens is 314 g/mol. The van der Waals surface area contributed by atoms with Gasteiger partial charge in [0.2, 0.25) is 0 Å². The first kappa shape index (κ1) is 15.5. The second-order valence-corrected chi connectivity index (χ2v) is 6.52. The number of rotatable bonds is 3. The van der Waals surface area contributed by atoms with Crippen LogP contribution in [-0.4, -0.2) is 14.1 Å². The van der Waals surface area contributed by atoms with Gasteiger partial charge in [0, 0.05) is 24.8 Å². The second-order valence-electron chi connectivity index (χ2n) is 6.52. The summed E-state index contributed by atoms with van der Waals surface area (Å²) in [6.45, 7) is 0. The normalized spacial score (nSPS) is 14.7. The molecule has 0 saturated heterocycles. The Morgan fingerprint density at radius 2 is 1.92 bits per heavy atom. The molecule has 126 valence electrons. The molecule has 1 aromatic carbocycles. The maximum atomic E-state index is 12.7. The van der Waals surface area contributed by atoms with Crippen LogP contribution >= 0.6 is 0 Å². The van der Waals surface area contributed by atoms with E-state index in [1.807, 2.05) is 22.8 Å². The lowest BCUT2D eigenvalue weighted by Crippen LogP contribution is -2.24. The standard InChI is InChI=1S/C19H19N5O/c1-23-17-12-21-18(22-14-8-6-13(11-20)7-9-14)10-16(17)24(19(23)25)15-4-2-3-5-15/h6-10,12,15H,2-5H2,1H3,(H,21,22). The van der Waals surface area contributed by atoms with Crippen molar-refractivity contribution in [3.05, 3.63) is 52.6 Å². The van der Waals surface area contributed by atoms with E-state index in [1.165, 1.54) is 12.8 Å². The largest absolute Gasteiger partial charge is 0.340 e. The molecule has 3 aromatic rings. The number of fused-ring (bicyclic) bond motifs is 1. The van der Waals surface area contributed by atoms with Crippen molar-refractivity contribution in [2.75, 3.05) is 5.32 Å². The molecular formula is C19H19N5O. The van der Waals surface area contributed by atoms with Crippen LogP contribution in [0.5, 0.6) is 0 Å². The number of pyridine rings is 1. The van der Waals surface area contributed by atoms with Crippen molar-refractivity contribution >= 4 is 22.5 Å². The molecule has 1 aliphatic rings. The Morgan fingerprint density at radius 1 is 1.20 bits per heavy atom. The quantitative estimate of drug-likeness (QED) is 0.796. The number of hydrogen-bond donors (Lipinski definition) is 1. The van der Waals surface area contributed by atoms with Gasteiger partial charge in [-0.2, -0.15) is 5.26 Å². The second kappa shape index (κ2) is 6.10. The fourth-order valence-corrected chi connectivity index (χ4v) is 3.62. The predicted molar refractivity (Wildman–Crippen MR) is 96.9 cm³/mol. The van der Waals surface area contributed by atoms with Crippen LogP contribution in [0.15, 0.2) is 41.3 Å². The number of nitriles is 1. The molecule has 2 aromatic heterocycles. The van der Waals surface area contributed by atoms with E-state index in [-0.39, 0.29) is 11.7 Å². The molecule has 0 radical (unpaired) electrons. The van der Waals surface area contributed by atoms with Crippen LogP contribution in [0.2, 0.25) is 0 Å². The highest BCUT2D eigenvalue weighted by Crippen LogP contribution is 2.31. The summed E-state index contributed by atoms with van der Waals surface area (Å²) >= 11 is 0. The molecule has 6 nitrogen and oxygen atoms in total. The summed E-state index contributed by atoms with van der Waals surface area (Å²) in [5.41, 5.74) is 3.27. The summed E-state index contributed by atoms with van der Waals surface area (Å²) in [5.74, 6) is 0.689. The van der Waals surface area contributed by atoms with Crippen molar-refractivity contribution in [3.8, 4) is 6.07 Å². The van der Waals surface area contributed by atoms with Gasteiger partial charge in [-0.3, -0.25) is 9.13 Å². The molecule has 1 saturated carbocycles. The van der Waals surface area contributed by atoms with E-state index in [9.17, 15) is 4.79 Å². The average molecular weight is 333 g/mol. The molecule has 1 fully saturated rings. The number of anilines is 2. The molecule has 1 aliphatic carbocycles. The zero-order valence-corrected chi connectivity index (χ0v) is 14.1. The summed E-state index contributed by atoms with van der Waals surface area (Å²) in [5, 5.41) is 12.1. The lowest BCUT2D eigenvalue weighted by atomic mass is 10.2. The van der Waals surface area contributed by atoms with E-state index in [1.54, 1.807) is 29.9 Å². The Kier molecular flexibility index (Phi) is 3.77. The van der Waals surface area contributed by atoms with Crippen LogP contribution in [0.3, 0.4) is 0 Å². The van der Waals surface area contributed by atoms with Crippen molar-refractivity contribution in [2.45, 2.75) is 31.7 Å². The molecule has 0 unspecified atom stereocenters.